The Morgan fingerprint density at radius 1 is 0.964 bits per heavy atom. The van der Waals surface area contributed by atoms with Crippen LogP contribution in [0.5, 0.6) is 17.2 Å². The van der Waals surface area contributed by atoms with Crippen LogP contribution in [0.25, 0.3) is 11.1 Å². The zero-order valence-electron chi connectivity index (χ0n) is 33.1. The number of hydrogen-bond acceptors (Lipinski definition) is 9. The number of carbonyl (C=O) groups excluding carboxylic acids is 1. The highest BCUT2D eigenvalue weighted by molar-refractivity contribution is 6.03. The fourth-order valence-electron chi connectivity index (χ4n) is 9.13. The Kier molecular flexibility index (Phi) is 14.3. The normalized spacial score (nSPS) is 24.3. The van der Waals surface area contributed by atoms with Gasteiger partial charge in [-0.2, -0.15) is 0 Å². The van der Waals surface area contributed by atoms with Crippen LogP contribution in [0.2, 0.25) is 0 Å². The van der Waals surface area contributed by atoms with Gasteiger partial charge in [0.2, 0.25) is 5.79 Å². The van der Waals surface area contributed by atoms with Gasteiger partial charge in [0.1, 0.15) is 30.4 Å². The molecule has 10 heteroatoms. The molecule has 6 rings (SSSR count). The number of aliphatic hydroxyl groups excluding tert-OH is 2. The van der Waals surface area contributed by atoms with Crippen molar-refractivity contribution in [1.29, 1.82) is 0 Å². The third-order valence-electron chi connectivity index (χ3n) is 11.4. The van der Waals surface area contributed by atoms with Gasteiger partial charge in [-0.15, -0.1) is 6.58 Å². The van der Waals surface area contributed by atoms with Crippen molar-refractivity contribution in [3.8, 4) is 28.4 Å². The second-order valence-corrected chi connectivity index (χ2v) is 14.8. The van der Waals surface area contributed by atoms with Crippen LogP contribution in [0.1, 0.15) is 76.7 Å². The number of aliphatic hydroxyl groups is 2. The van der Waals surface area contributed by atoms with Gasteiger partial charge in [-0.3, -0.25) is 4.90 Å². The lowest BCUT2D eigenvalue weighted by Crippen LogP contribution is -2.70. The molecule has 3 aromatic rings. The second kappa shape index (κ2) is 19.5. The molecule has 300 valence electrons. The van der Waals surface area contributed by atoms with Crippen LogP contribution in [0.15, 0.2) is 102 Å². The molecule has 1 fully saturated rings. The lowest BCUT2D eigenvalue weighted by molar-refractivity contribution is -0.255. The molecule has 1 aliphatic heterocycles. The van der Waals surface area contributed by atoms with E-state index in [4.69, 9.17) is 23.8 Å². The summed E-state index contributed by atoms with van der Waals surface area (Å²) in [5, 5.41) is 24.3. The molecule has 3 aliphatic rings. The molecule has 1 saturated carbocycles. The van der Waals surface area contributed by atoms with Crippen molar-refractivity contribution >= 4 is 11.8 Å². The van der Waals surface area contributed by atoms with Gasteiger partial charge in [0.15, 0.2) is 0 Å². The number of fused-ring (bicyclic) bond motifs is 2. The molecule has 0 spiro atoms. The van der Waals surface area contributed by atoms with E-state index in [2.05, 4.69) is 48.1 Å². The van der Waals surface area contributed by atoms with Crippen molar-refractivity contribution < 1.29 is 38.8 Å². The number of benzene rings is 3. The summed E-state index contributed by atoms with van der Waals surface area (Å²) in [6.07, 6.45) is 9.43. The monoisotopic (exact) mass is 766 g/mol. The first-order valence-corrected chi connectivity index (χ1v) is 20.3. The van der Waals surface area contributed by atoms with Crippen molar-refractivity contribution in [2.75, 3.05) is 40.1 Å². The molecular formula is C46H58N2O8. The van der Waals surface area contributed by atoms with Gasteiger partial charge < -0.3 is 34.0 Å². The van der Waals surface area contributed by atoms with Gasteiger partial charge >= 0.3 is 6.09 Å². The average molecular weight is 767 g/mol. The number of unbranched alkanes of at least 4 members (excludes halogenated alkanes) is 2. The van der Waals surface area contributed by atoms with Crippen LogP contribution in [0.3, 0.4) is 0 Å². The van der Waals surface area contributed by atoms with Gasteiger partial charge in [-0.05, 0) is 97.9 Å². The summed E-state index contributed by atoms with van der Waals surface area (Å²) in [5.41, 5.74) is 4.96. The number of ether oxygens (including phenoxy) is 4. The quantitative estimate of drug-likeness (QED) is 0.0704. The molecule has 0 unspecified atom stereocenters. The smallest absolute Gasteiger partial charge is 0.410 e. The Morgan fingerprint density at radius 2 is 1.68 bits per heavy atom. The first kappa shape index (κ1) is 41.0. The number of allylic oxidation sites excluding steroid dienone is 1. The largest absolute Gasteiger partial charge is 0.459 e. The average Bonchev–Trinajstić information content (AvgIpc) is 3.22. The maximum absolute atomic E-state index is 13.9. The molecule has 1 amide bonds. The number of carbonyl (C=O) groups is 1. The maximum atomic E-state index is 13.9. The minimum atomic E-state index is -1.33. The first-order chi connectivity index (χ1) is 27.4. The van der Waals surface area contributed by atoms with Crippen molar-refractivity contribution in [3.63, 3.8) is 0 Å². The lowest BCUT2D eigenvalue weighted by Gasteiger charge is -2.59. The summed E-state index contributed by atoms with van der Waals surface area (Å²) in [4.78, 5) is 21.1. The van der Waals surface area contributed by atoms with Crippen LogP contribution in [-0.4, -0.2) is 78.8 Å². The minimum absolute atomic E-state index is 0.105. The molecule has 2 N–H and O–H groups in total. The number of amides is 1. The van der Waals surface area contributed by atoms with Crippen LogP contribution >= 0.6 is 0 Å². The minimum Gasteiger partial charge on any atom is -0.459 e. The zero-order valence-corrected chi connectivity index (χ0v) is 33.1. The van der Waals surface area contributed by atoms with E-state index in [1.54, 1.807) is 25.0 Å². The summed E-state index contributed by atoms with van der Waals surface area (Å²) < 4.78 is 26.4. The van der Waals surface area contributed by atoms with E-state index in [-0.39, 0.29) is 44.2 Å². The molecule has 10 nitrogen and oxygen atoms in total. The van der Waals surface area contributed by atoms with Gasteiger partial charge in [0.05, 0.1) is 24.8 Å². The van der Waals surface area contributed by atoms with E-state index in [0.29, 0.717) is 49.5 Å². The third-order valence-corrected chi connectivity index (χ3v) is 11.4. The predicted molar refractivity (Wildman–Crippen MR) is 218 cm³/mol. The SMILES string of the molecule is C=CCO[C@@]12Oc3ccc(Oc4ccc(-c5ccccc5)cc4)cc3[C@H]3[C@H](CCCCO)[C@@H](CCCCO)C=C(C(=NOC)C[C@@H]1N(CCC)C(=O)OCC)[C@H]32. The van der Waals surface area contributed by atoms with E-state index in [0.717, 1.165) is 53.7 Å². The summed E-state index contributed by atoms with van der Waals surface area (Å²) in [6, 6.07) is 23.7. The topological polar surface area (TPSA) is 119 Å². The van der Waals surface area contributed by atoms with E-state index in [9.17, 15) is 15.0 Å². The van der Waals surface area contributed by atoms with Crippen molar-refractivity contribution in [2.45, 2.75) is 83.0 Å². The molecule has 6 atom stereocenters. The third kappa shape index (κ3) is 8.67. The highest BCUT2D eigenvalue weighted by Crippen LogP contribution is 2.62. The zero-order chi connectivity index (χ0) is 39.5. The van der Waals surface area contributed by atoms with Crippen LogP contribution < -0.4 is 9.47 Å². The van der Waals surface area contributed by atoms with Gasteiger partial charge in [0.25, 0.3) is 0 Å². The Balaban J connectivity index is 1.52. The van der Waals surface area contributed by atoms with Crippen molar-refractivity contribution in [3.05, 3.63) is 103 Å². The van der Waals surface area contributed by atoms with E-state index >= 15 is 0 Å². The Hall–Kier alpha value is -4.64. The van der Waals surface area contributed by atoms with Crippen LogP contribution in [-0.2, 0) is 14.3 Å². The van der Waals surface area contributed by atoms with Crippen LogP contribution in [0.4, 0.5) is 4.79 Å². The molecule has 0 aromatic heterocycles. The van der Waals surface area contributed by atoms with E-state index < -0.39 is 23.8 Å². The Bertz CT molecular complexity index is 1810. The summed E-state index contributed by atoms with van der Waals surface area (Å²) in [5.74, 6) is 0.422. The number of oxime groups is 1. The van der Waals surface area contributed by atoms with E-state index in [1.807, 2.05) is 49.4 Å². The summed E-state index contributed by atoms with van der Waals surface area (Å²) >= 11 is 0. The van der Waals surface area contributed by atoms with Crippen LogP contribution in [0, 0.1) is 17.8 Å². The Morgan fingerprint density at radius 3 is 2.36 bits per heavy atom. The fourth-order valence-corrected chi connectivity index (χ4v) is 9.13. The number of nitrogens with zero attached hydrogens (tertiary/aromatic N) is 2. The highest BCUT2D eigenvalue weighted by atomic mass is 16.7. The molecule has 1 heterocycles. The fraction of sp³-hybridized carbons (Fsp3) is 0.478. The molecule has 3 aromatic carbocycles. The summed E-state index contributed by atoms with van der Waals surface area (Å²) in [6.45, 7) is 8.93. The van der Waals surface area contributed by atoms with Gasteiger partial charge in [0, 0.05) is 37.7 Å². The van der Waals surface area contributed by atoms with Gasteiger partial charge in [-0.25, -0.2) is 4.79 Å². The Labute approximate surface area is 331 Å². The summed E-state index contributed by atoms with van der Waals surface area (Å²) in [7, 11) is 1.55. The molecule has 0 radical (unpaired) electrons. The van der Waals surface area contributed by atoms with E-state index in [1.165, 1.54) is 0 Å². The second-order valence-electron chi connectivity index (χ2n) is 14.8. The van der Waals surface area contributed by atoms with Crippen molar-refractivity contribution in [1.82, 2.24) is 4.90 Å². The predicted octanol–water partition coefficient (Wildman–Crippen LogP) is 9.28. The molecule has 0 bridgehead atoms. The molecule has 0 saturated heterocycles. The molecule has 2 aliphatic carbocycles. The standard InChI is InChI=1S/C46H58N2O8/c1-5-25-48(45(51)53-7-3)42-31-40(47-52-4)38-29-34(17-11-13-26-49)37(18-12-14-27-50)43-39-30-36(23-24-41(39)56-46(42,44(38)43)54-28-6-2)55-35-21-19-33(20-22-35)32-15-9-8-10-16-32/h6,8-10,15-16,19-24,29-30,34,37,42-44,49-50H,2,5,7,11-14,17-18,25-28,31H2,1,3-4H3/t34-,37+,42-,43+,44+,46+/m0/s1. The number of hydrogen-bond donors (Lipinski definition) is 2. The first-order valence-electron chi connectivity index (χ1n) is 20.3. The molecular weight excluding hydrogens is 709 g/mol. The highest BCUT2D eigenvalue weighted by Gasteiger charge is 2.65. The number of rotatable bonds is 19. The lowest BCUT2D eigenvalue weighted by atomic mass is 9.55. The molecule has 56 heavy (non-hydrogen) atoms. The van der Waals surface area contributed by atoms with Crippen molar-refractivity contribution in [2.24, 2.45) is 22.9 Å². The van der Waals surface area contributed by atoms with Gasteiger partial charge in [-0.1, -0.05) is 79.5 Å². The maximum Gasteiger partial charge on any atom is 0.410 e.